The van der Waals surface area contributed by atoms with Crippen LogP contribution >= 0.6 is 0 Å². The van der Waals surface area contributed by atoms with Crippen LogP contribution < -0.4 is 5.73 Å². The maximum atomic E-state index is 12.9. The first-order chi connectivity index (χ1) is 12.9. The molecule has 0 aromatic carbocycles. The molecule has 0 aliphatic carbocycles. The lowest BCUT2D eigenvalue weighted by atomic mass is 9.93. The van der Waals surface area contributed by atoms with Crippen molar-refractivity contribution in [3.63, 3.8) is 0 Å². The van der Waals surface area contributed by atoms with Gasteiger partial charge < -0.3 is 20.3 Å². The number of methoxy groups -OCH3 is 1. The van der Waals surface area contributed by atoms with Gasteiger partial charge in [-0.15, -0.1) is 0 Å². The standard InChI is InChI=1S/C21H30FN3O2/c1-17-7-8-19(6-4-5-11-25(17)16-18(14-22)15-23)20(26)24-12-9-21(2,27-3)10-13-24/h5-8,11,14H,1,4,9-10,12-13,15-16,23H2,2-3H3/b8-7-,11-5-,18-14+,19-6+. The molecule has 1 amide bonds. The highest BCUT2D eigenvalue weighted by Crippen LogP contribution is 2.26. The fourth-order valence-electron chi connectivity index (χ4n) is 3.07. The Kier molecular flexibility index (Phi) is 7.56. The number of hydrogen-bond acceptors (Lipinski definition) is 4. The number of nitrogens with two attached hydrogens (primary N) is 1. The number of ether oxygens (including phenoxy) is 1. The van der Waals surface area contributed by atoms with Crippen LogP contribution in [0.5, 0.6) is 0 Å². The van der Waals surface area contributed by atoms with E-state index in [1.165, 1.54) is 0 Å². The minimum Gasteiger partial charge on any atom is -0.378 e. The van der Waals surface area contributed by atoms with E-state index < -0.39 is 0 Å². The predicted octanol–water partition coefficient (Wildman–Crippen LogP) is 3.04. The van der Waals surface area contributed by atoms with Gasteiger partial charge in [-0.25, -0.2) is 4.39 Å². The van der Waals surface area contributed by atoms with E-state index in [0.29, 0.717) is 49.2 Å². The summed E-state index contributed by atoms with van der Waals surface area (Å²) in [7, 11) is 1.72. The number of halogens is 1. The van der Waals surface area contributed by atoms with Crippen LogP contribution in [0.25, 0.3) is 0 Å². The van der Waals surface area contributed by atoms with Crippen molar-refractivity contribution in [2.24, 2.45) is 5.73 Å². The first-order valence-corrected chi connectivity index (χ1v) is 9.25. The van der Waals surface area contributed by atoms with Gasteiger partial charge in [-0.3, -0.25) is 4.79 Å². The van der Waals surface area contributed by atoms with E-state index in [2.05, 4.69) is 13.5 Å². The van der Waals surface area contributed by atoms with E-state index in [1.807, 2.05) is 28.2 Å². The lowest BCUT2D eigenvalue weighted by molar-refractivity contribution is -0.131. The van der Waals surface area contributed by atoms with Crippen molar-refractivity contribution in [3.05, 3.63) is 60.3 Å². The smallest absolute Gasteiger partial charge is 0.253 e. The number of amides is 1. The molecule has 0 spiro atoms. The first-order valence-electron chi connectivity index (χ1n) is 9.25. The van der Waals surface area contributed by atoms with Crippen LogP contribution in [0, 0.1) is 0 Å². The fourth-order valence-corrected chi connectivity index (χ4v) is 3.07. The van der Waals surface area contributed by atoms with Gasteiger partial charge >= 0.3 is 0 Å². The minimum absolute atomic E-state index is 0.0188. The molecule has 0 atom stereocenters. The quantitative estimate of drug-likeness (QED) is 0.802. The summed E-state index contributed by atoms with van der Waals surface area (Å²) < 4.78 is 18.4. The van der Waals surface area contributed by atoms with E-state index in [1.54, 1.807) is 19.3 Å². The van der Waals surface area contributed by atoms with E-state index in [9.17, 15) is 9.18 Å². The van der Waals surface area contributed by atoms with Crippen LogP contribution in [0.3, 0.4) is 0 Å². The van der Waals surface area contributed by atoms with Crippen LogP contribution in [-0.4, -0.2) is 54.6 Å². The highest BCUT2D eigenvalue weighted by atomic mass is 19.1. The molecular formula is C21H30FN3O2. The normalized spacial score (nSPS) is 25.1. The molecular weight excluding hydrogens is 345 g/mol. The van der Waals surface area contributed by atoms with E-state index in [-0.39, 0.29) is 18.1 Å². The number of allylic oxidation sites excluding steroid dienone is 3. The van der Waals surface area contributed by atoms with E-state index >= 15 is 0 Å². The molecule has 0 radical (unpaired) electrons. The van der Waals surface area contributed by atoms with Crippen LogP contribution in [-0.2, 0) is 9.53 Å². The van der Waals surface area contributed by atoms with Crippen molar-refractivity contribution in [3.8, 4) is 0 Å². The van der Waals surface area contributed by atoms with Crippen molar-refractivity contribution < 1.29 is 13.9 Å². The average molecular weight is 375 g/mol. The van der Waals surface area contributed by atoms with Crippen molar-refractivity contribution in [2.45, 2.75) is 31.8 Å². The average Bonchev–Trinajstić information content (AvgIpc) is 2.77. The molecule has 0 aromatic rings. The molecule has 0 aromatic heterocycles. The molecule has 6 heteroatoms. The maximum Gasteiger partial charge on any atom is 0.253 e. The molecule has 5 nitrogen and oxygen atoms in total. The molecule has 0 unspecified atom stereocenters. The van der Waals surface area contributed by atoms with Crippen LogP contribution in [0.1, 0.15) is 26.2 Å². The van der Waals surface area contributed by atoms with Crippen molar-refractivity contribution >= 4 is 5.91 Å². The van der Waals surface area contributed by atoms with Crippen LogP contribution in [0.15, 0.2) is 60.3 Å². The second-order valence-corrected chi connectivity index (χ2v) is 7.15. The Morgan fingerprint density at radius 3 is 2.70 bits per heavy atom. The van der Waals surface area contributed by atoms with Crippen LogP contribution in [0.4, 0.5) is 4.39 Å². The molecule has 0 saturated carbocycles. The van der Waals surface area contributed by atoms with Crippen molar-refractivity contribution in [2.75, 3.05) is 33.3 Å². The number of carbonyl (C=O) groups is 1. The summed E-state index contributed by atoms with van der Waals surface area (Å²) in [5.41, 5.74) is 7.19. The van der Waals surface area contributed by atoms with Gasteiger partial charge in [0.1, 0.15) is 0 Å². The number of carbonyl (C=O) groups excluding carboxylic acids is 1. The lowest BCUT2D eigenvalue weighted by Gasteiger charge is -2.38. The third-order valence-corrected chi connectivity index (χ3v) is 5.22. The Bertz CT molecular complexity index is 671. The third kappa shape index (κ3) is 5.65. The molecule has 27 heavy (non-hydrogen) atoms. The third-order valence-electron chi connectivity index (χ3n) is 5.22. The highest BCUT2D eigenvalue weighted by molar-refractivity contribution is 5.96. The Balaban J connectivity index is 2.06. The topological polar surface area (TPSA) is 58.8 Å². The molecule has 2 aliphatic heterocycles. The number of rotatable bonds is 5. The summed E-state index contributed by atoms with van der Waals surface area (Å²) >= 11 is 0. The van der Waals surface area contributed by atoms with E-state index in [0.717, 1.165) is 12.8 Å². The number of hydrogen-bond donors (Lipinski definition) is 1. The molecule has 2 rings (SSSR count). The summed E-state index contributed by atoms with van der Waals surface area (Å²) in [6.07, 6.45) is 12.0. The second kappa shape index (κ2) is 9.67. The molecule has 1 fully saturated rings. The monoisotopic (exact) mass is 375 g/mol. The zero-order chi connectivity index (χ0) is 19.9. The van der Waals surface area contributed by atoms with E-state index in [4.69, 9.17) is 10.5 Å². The molecule has 0 bridgehead atoms. The Morgan fingerprint density at radius 1 is 1.41 bits per heavy atom. The Labute approximate surface area is 161 Å². The van der Waals surface area contributed by atoms with Gasteiger partial charge in [0, 0.05) is 50.8 Å². The number of piperidine rings is 1. The van der Waals surface area contributed by atoms with Gasteiger partial charge in [-0.05, 0) is 43.9 Å². The molecule has 2 aliphatic rings. The summed E-state index contributed by atoms with van der Waals surface area (Å²) in [5, 5.41) is 0. The maximum absolute atomic E-state index is 12.9. The lowest BCUT2D eigenvalue weighted by Crippen LogP contribution is -2.46. The van der Waals surface area contributed by atoms with Crippen molar-refractivity contribution in [1.29, 1.82) is 0 Å². The first kappa shape index (κ1) is 21.1. The summed E-state index contributed by atoms with van der Waals surface area (Å²) in [5.74, 6) is 0.0188. The Hall–Kier alpha value is -2.18. The fraction of sp³-hybridized carbons (Fsp3) is 0.476. The Morgan fingerprint density at radius 2 is 2.11 bits per heavy atom. The van der Waals surface area contributed by atoms with Gasteiger partial charge in [0.25, 0.3) is 5.91 Å². The van der Waals surface area contributed by atoms with Gasteiger partial charge in [-0.2, -0.15) is 0 Å². The van der Waals surface area contributed by atoms with Crippen molar-refractivity contribution in [1.82, 2.24) is 9.80 Å². The zero-order valence-electron chi connectivity index (χ0n) is 16.3. The summed E-state index contributed by atoms with van der Waals surface area (Å²) in [6, 6.07) is 0. The van der Waals surface area contributed by atoms with Gasteiger partial charge in [0.05, 0.1) is 11.9 Å². The second-order valence-electron chi connectivity index (χ2n) is 7.15. The molecule has 2 heterocycles. The number of nitrogens with zero attached hydrogens (tertiary/aromatic N) is 2. The van der Waals surface area contributed by atoms with Gasteiger partial charge in [0.15, 0.2) is 0 Å². The minimum atomic E-state index is -0.151. The number of likely N-dealkylation sites (tertiary alicyclic amines) is 1. The van der Waals surface area contributed by atoms with Gasteiger partial charge in [0.2, 0.25) is 0 Å². The SMILES string of the molecule is C=C1/C=C\C(C(=O)N2CCC(C)(OC)CC2)=C/C/C=C\N1C/C(=C/F)CN. The molecule has 148 valence electrons. The largest absolute Gasteiger partial charge is 0.378 e. The molecule has 1 saturated heterocycles. The predicted molar refractivity (Wildman–Crippen MR) is 106 cm³/mol. The van der Waals surface area contributed by atoms with Crippen LogP contribution in [0.2, 0.25) is 0 Å². The van der Waals surface area contributed by atoms with Gasteiger partial charge in [-0.1, -0.05) is 18.7 Å². The zero-order valence-corrected chi connectivity index (χ0v) is 16.3. The summed E-state index contributed by atoms with van der Waals surface area (Å²) in [4.78, 5) is 16.6. The molecule has 2 N–H and O–H groups in total. The summed E-state index contributed by atoms with van der Waals surface area (Å²) in [6.45, 7) is 7.94. The highest BCUT2D eigenvalue weighted by Gasteiger charge is 2.32.